The number of anilines is 2. The molecule has 19 heavy (non-hydrogen) atoms. The molecular weight excluding hydrogens is 238 g/mol. The Morgan fingerprint density at radius 2 is 2.11 bits per heavy atom. The van der Waals surface area contributed by atoms with Crippen LogP contribution in [0, 0.1) is 0 Å². The molecule has 0 aliphatic heterocycles. The van der Waals surface area contributed by atoms with E-state index in [2.05, 4.69) is 28.5 Å². The third-order valence-electron chi connectivity index (χ3n) is 3.02. The van der Waals surface area contributed by atoms with Gasteiger partial charge in [0.05, 0.1) is 17.6 Å². The predicted molar refractivity (Wildman–Crippen MR) is 78.5 cm³/mol. The first-order valence-corrected chi connectivity index (χ1v) is 6.48. The standard InChI is InChI=1S/C14H21N5/c1-5-13-11(10-19(4)17-13)8-15-12-6-7-14(16-9-12)18(2)3/h6-7,9-10,15H,5,8H2,1-4H3. The second-order valence-electron chi connectivity index (χ2n) is 4.78. The van der Waals surface area contributed by atoms with Crippen LogP contribution in [-0.2, 0) is 20.0 Å². The first-order chi connectivity index (χ1) is 9.10. The highest BCUT2D eigenvalue weighted by molar-refractivity contribution is 5.48. The van der Waals surface area contributed by atoms with Crippen LogP contribution in [0.3, 0.4) is 0 Å². The molecule has 0 bridgehead atoms. The second-order valence-corrected chi connectivity index (χ2v) is 4.78. The molecule has 0 fully saturated rings. The number of pyridine rings is 1. The Balaban J connectivity index is 2.01. The summed E-state index contributed by atoms with van der Waals surface area (Å²) < 4.78 is 1.86. The van der Waals surface area contributed by atoms with Gasteiger partial charge >= 0.3 is 0 Å². The minimum atomic E-state index is 0.778. The zero-order valence-corrected chi connectivity index (χ0v) is 12.0. The van der Waals surface area contributed by atoms with Crippen LogP contribution in [0.25, 0.3) is 0 Å². The topological polar surface area (TPSA) is 46.0 Å². The molecule has 0 saturated carbocycles. The van der Waals surface area contributed by atoms with E-state index in [0.29, 0.717) is 0 Å². The van der Waals surface area contributed by atoms with Crippen LogP contribution in [-0.4, -0.2) is 28.9 Å². The summed E-state index contributed by atoms with van der Waals surface area (Å²) in [7, 11) is 5.92. The van der Waals surface area contributed by atoms with Crippen molar-refractivity contribution in [2.75, 3.05) is 24.3 Å². The zero-order valence-electron chi connectivity index (χ0n) is 12.0. The number of nitrogens with zero attached hydrogens (tertiary/aromatic N) is 4. The summed E-state index contributed by atoms with van der Waals surface area (Å²) in [6, 6.07) is 4.05. The van der Waals surface area contributed by atoms with Gasteiger partial charge in [-0.2, -0.15) is 5.10 Å². The number of hydrogen-bond acceptors (Lipinski definition) is 4. The van der Waals surface area contributed by atoms with E-state index in [1.807, 2.05) is 49.1 Å². The maximum Gasteiger partial charge on any atom is 0.128 e. The van der Waals surface area contributed by atoms with Gasteiger partial charge in [0.15, 0.2) is 0 Å². The van der Waals surface area contributed by atoms with E-state index >= 15 is 0 Å². The van der Waals surface area contributed by atoms with E-state index in [1.54, 1.807) is 0 Å². The lowest BCUT2D eigenvalue weighted by molar-refractivity contribution is 0.746. The molecule has 0 aromatic carbocycles. The molecule has 2 rings (SSSR count). The quantitative estimate of drug-likeness (QED) is 0.892. The lowest BCUT2D eigenvalue weighted by Crippen LogP contribution is -2.10. The number of rotatable bonds is 5. The molecule has 5 heteroatoms. The van der Waals surface area contributed by atoms with Gasteiger partial charge in [-0.15, -0.1) is 0 Å². The van der Waals surface area contributed by atoms with Gasteiger partial charge in [0.25, 0.3) is 0 Å². The van der Waals surface area contributed by atoms with E-state index in [-0.39, 0.29) is 0 Å². The van der Waals surface area contributed by atoms with Crippen molar-refractivity contribution < 1.29 is 0 Å². The number of aromatic nitrogens is 3. The average molecular weight is 259 g/mol. The van der Waals surface area contributed by atoms with Crippen LogP contribution in [0.5, 0.6) is 0 Å². The van der Waals surface area contributed by atoms with Gasteiger partial charge in [-0.05, 0) is 18.6 Å². The van der Waals surface area contributed by atoms with Gasteiger partial charge in [0.2, 0.25) is 0 Å². The van der Waals surface area contributed by atoms with Crippen LogP contribution in [0.15, 0.2) is 24.5 Å². The van der Waals surface area contributed by atoms with Crippen molar-refractivity contribution in [3.63, 3.8) is 0 Å². The van der Waals surface area contributed by atoms with Gasteiger partial charge < -0.3 is 10.2 Å². The largest absolute Gasteiger partial charge is 0.380 e. The van der Waals surface area contributed by atoms with Gasteiger partial charge in [-0.1, -0.05) is 6.92 Å². The minimum Gasteiger partial charge on any atom is -0.380 e. The summed E-state index contributed by atoms with van der Waals surface area (Å²) in [6.07, 6.45) is 4.88. The maximum absolute atomic E-state index is 4.43. The fourth-order valence-corrected chi connectivity index (χ4v) is 1.98. The van der Waals surface area contributed by atoms with Gasteiger partial charge in [0, 0.05) is 39.4 Å². The molecule has 2 aromatic rings. The molecule has 1 N–H and O–H groups in total. The Hall–Kier alpha value is -2.04. The van der Waals surface area contributed by atoms with Crippen LogP contribution in [0.2, 0.25) is 0 Å². The number of aryl methyl sites for hydroxylation is 2. The van der Waals surface area contributed by atoms with Crippen molar-refractivity contribution in [3.05, 3.63) is 35.8 Å². The lowest BCUT2D eigenvalue weighted by Gasteiger charge is -2.12. The summed E-state index contributed by atoms with van der Waals surface area (Å²) in [5, 5.41) is 7.81. The Kier molecular flexibility index (Phi) is 4.04. The Morgan fingerprint density at radius 3 is 2.68 bits per heavy atom. The van der Waals surface area contributed by atoms with Crippen molar-refractivity contribution in [1.82, 2.24) is 14.8 Å². The zero-order chi connectivity index (χ0) is 13.8. The van der Waals surface area contributed by atoms with E-state index in [4.69, 9.17) is 0 Å². The van der Waals surface area contributed by atoms with Gasteiger partial charge in [-0.3, -0.25) is 4.68 Å². The van der Waals surface area contributed by atoms with Crippen molar-refractivity contribution in [2.45, 2.75) is 19.9 Å². The third kappa shape index (κ3) is 3.24. The molecule has 0 unspecified atom stereocenters. The summed E-state index contributed by atoms with van der Waals surface area (Å²) in [4.78, 5) is 6.37. The first kappa shape index (κ1) is 13.4. The van der Waals surface area contributed by atoms with Crippen molar-refractivity contribution in [3.8, 4) is 0 Å². The Bertz CT molecular complexity index is 527. The van der Waals surface area contributed by atoms with E-state index in [0.717, 1.165) is 30.2 Å². The molecule has 0 radical (unpaired) electrons. The fraction of sp³-hybridized carbons (Fsp3) is 0.429. The summed E-state index contributed by atoms with van der Waals surface area (Å²) >= 11 is 0. The molecule has 0 atom stereocenters. The molecule has 0 aliphatic rings. The third-order valence-corrected chi connectivity index (χ3v) is 3.02. The van der Waals surface area contributed by atoms with E-state index in [1.165, 1.54) is 5.56 Å². The number of hydrogen-bond donors (Lipinski definition) is 1. The van der Waals surface area contributed by atoms with Crippen molar-refractivity contribution >= 4 is 11.5 Å². The minimum absolute atomic E-state index is 0.778. The smallest absolute Gasteiger partial charge is 0.128 e. The highest BCUT2D eigenvalue weighted by Crippen LogP contribution is 2.14. The second kappa shape index (κ2) is 5.73. The molecule has 102 valence electrons. The van der Waals surface area contributed by atoms with Crippen molar-refractivity contribution in [2.24, 2.45) is 7.05 Å². The molecule has 0 saturated heterocycles. The normalized spacial score (nSPS) is 10.5. The van der Waals surface area contributed by atoms with E-state index < -0.39 is 0 Å². The molecule has 2 aromatic heterocycles. The summed E-state index contributed by atoms with van der Waals surface area (Å²) in [5.74, 6) is 0.959. The molecule has 2 heterocycles. The maximum atomic E-state index is 4.43. The molecule has 0 amide bonds. The SMILES string of the molecule is CCc1nn(C)cc1CNc1ccc(N(C)C)nc1. The fourth-order valence-electron chi connectivity index (χ4n) is 1.98. The Labute approximate surface area is 114 Å². The molecule has 0 aliphatic carbocycles. The molecular formula is C14H21N5. The number of nitrogens with one attached hydrogen (secondary N) is 1. The van der Waals surface area contributed by atoms with Crippen LogP contribution in [0.4, 0.5) is 11.5 Å². The van der Waals surface area contributed by atoms with Crippen LogP contribution < -0.4 is 10.2 Å². The molecule has 5 nitrogen and oxygen atoms in total. The van der Waals surface area contributed by atoms with Gasteiger partial charge in [0.1, 0.15) is 5.82 Å². The van der Waals surface area contributed by atoms with Crippen molar-refractivity contribution in [1.29, 1.82) is 0 Å². The summed E-state index contributed by atoms with van der Waals surface area (Å²) in [6.45, 7) is 2.90. The van der Waals surface area contributed by atoms with Crippen LogP contribution in [0.1, 0.15) is 18.2 Å². The lowest BCUT2D eigenvalue weighted by atomic mass is 10.2. The van der Waals surface area contributed by atoms with E-state index in [9.17, 15) is 0 Å². The van der Waals surface area contributed by atoms with Crippen LogP contribution >= 0.6 is 0 Å². The highest BCUT2D eigenvalue weighted by atomic mass is 15.3. The highest BCUT2D eigenvalue weighted by Gasteiger charge is 2.05. The average Bonchev–Trinajstić information content (AvgIpc) is 2.77. The Morgan fingerprint density at radius 1 is 1.32 bits per heavy atom. The first-order valence-electron chi connectivity index (χ1n) is 6.48. The predicted octanol–water partition coefficient (Wildman–Crippen LogP) is 2.06. The monoisotopic (exact) mass is 259 g/mol. The summed E-state index contributed by atoms with van der Waals surface area (Å²) in [5.41, 5.74) is 3.41. The molecule has 0 spiro atoms. The van der Waals surface area contributed by atoms with Gasteiger partial charge in [-0.25, -0.2) is 4.98 Å².